The van der Waals surface area contributed by atoms with Crippen LogP contribution in [0.1, 0.15) is 5.69 Å². The van der Waals surface area contributed by atoms with Gasteiger partial charge in [-0.3, -0.25) is 9.97 Å². The molecule has 0 unspecified atom stereocenters. The predicted octanol–water partition coefficient (Wildman–Crippen LogP) is 3.69. The largest absolute Gasteiger partial charge is 0.494 e. The monoisotopic (exact) mass is 355 g/mol. The molecule has 0 radical (unpaired) electrons. The molecule has 0 fully saturated rings. The summed E-state index contributed by atoms with van der Waals surface area (Å²) in [5.74, 6) is 0.230. The molecule has 0 aliphatic heterocycles. The van der Waals surface area contributed by atoms with Crippen LogP contribution >= 0.6 is 0 Å². The van der Waals surface area contributed by atoms with Crippen molar-refractivity contribution in [1.82, 2.24) is 23.9 Å². The Hall–Kier alpha value is -3.67. The lowest BCUT2D eigenvalue weighted by atomic mass is 10.1. The minimum absolute atomic E-state index is 0.230. The number of aryl methyl sites for hydroxylation is 2. The van der Waals surface area contributed by atoms with Gasteiger partial charge in [0.2, 0.25) is 5.88 Å². The van der Waals surface area contributed by atoms with Crippen LogP contribution in [0.4, 0.5) is 0 Å². The zero-order valence-corrected chi connectivity index (χ0v) is 14.5. The van der Waals surface area contributed by atoms with Gasteiger partial charge < -0.3 is 14.1 Å². The lowest BCUT2D eigenvalue weighted by molar-refractivity contribution is 0.422. The third-order valence-corrected chi connectivity index (χ3v) is 4.77. The number of aromatic nitrogens is 5. The molecule has 5 rings (SSSR count). The van der Waals surface area contributed by atoms with E-state index in [9.17, 15) is 5.11 Å². The first-order valence-corrected chi connectivity index (χ1v) is 8.79. The summed E-state index contributed by atoms with van der Waals surface area (Å²) in [6.07, 6.45) is 11.9. The highest BCUT2D eigenvalue weighted by Crippen LogP contribution is 2.35. The van der Waals surface area contributed by atoms with Gasteiger partial charge in [0, 0.05) is 50.1 Å². The summed E-state index contributed by atoms with van der Waals surface area (Å²) in [7, 11) is 0. The minimum Gasteiger partial charge on any atom is -0.494 e. The number of hydrogen-bond donors (Lipinski definition) is 1. The lowest BCUT2D eigenvalue weighted by Crippen LogP contribution is -1.99. The molecule has 5 heterocycles. The molecule has 5 aromatic heterocycles. The summed E-state index contributed by atoms with van der Waals surface area (Å²) in [6, 6.07) is 11.7. The molecule has 0 aliphatic rings. The zero-order chi connectivity index (χ0) is 18.2. The van der Waals surface area contributed by atoms with E-state index in [0.29, 0.717) is 6.54 Å². The van der Waals surface area contributed by atoms with Crippen molar-refractivity contribution in [2.24, 2.45) is 0 Å². The van der Waals surface area contributed by atoms with E-state index in [2.05, 4.69) is 15.0 Å². The van der Waals surface area contributed by atoms with Gasteiger partial charge >= 0.3 is 0 Å². The van der Waals surface area contributed by atoms with Crippen LogP contribution in [0.3, 0.4) is 0 Å². The van der Waals surface area contributed by atoms with Crippen molar-refractivity contribution < 1.29 is 5.11 Å². The fraction of sp³-hybridized carbons (Fsp3) is 0.0952. The molecular weight excluding hydrogens is 338 g/mol. The highest BCUT2D eigenvalue weighted by Gasteiger charge is 2.15. The standard InChI is InChI=1S/C21H17N5O/c27-21-20-17(15-4-8-22-9-5-15)6-10-23-18(20)14-26(21)12-7-16-13-25-11-2-1-3-19(25)24-16/h1-6,8-11,13-14,27H,7,12H2. The van der Waals surface area contributed by atoms with Gasteiger partial charge in [-0.1, -0.05) is 6.07 Å². The number of fused-ring (bicyclic) bond motifs is 2. The Balaban J connectivity index is 1.50. The molecule has 0 spiro atoms. The summed E-state index contributed by atoms with van der Waals surface area (Å²) in [6.45, 7) is 0.627. The molecule has 0 aliphatic carbocycles. The van der Waals surface area contributed by atoms with Gasteiger partial charge in [0.25, 0.3) is 0 Å². The van der Waals surface area contributed by atoms with Crippen LogP contribution in [-0.2, 0) is 13.0 Å². The van der Waals surface area contributed by atoms with Gasteiger partial charge in [-0.05, 0) is 41.5 Å². The second-order valence-electron chi connectivity index (χ2n) is 6.45. The lowest BCUT2D eigenvalue weighted by Gasteiger charge is -2.05. The normalized spacial score (nSPS) is 11.4. The highest BCUT2D eigenvalue weighted by molar-refractivity contribution is 5.98. The molecule has 6 nitrogen and oxygen atoms in total. The predicted molar refractivity (Wildman–Crippen MR) is 104 cm³/mol. The topological polar surface area (TPSA) is 68.2 Å². The van der Waals surface area contributed by atoms with Crippen LogP contribution in [0.2, 0.25) is 0 Å². The number of hydrogen-bond acceptors (Lipinski definition) is 4. The molecule has 5 aromatic rings. The molecule has 0 atom stereocenters. The van der Waals surface area contributed by atoms with Crippen LogP contribution in [-0.4, -0.2) is 29.0 Å². The van der Waals surface area contributed by atoms with Crippen molar-refractivity contribution in [2.45, 2.75) is 13.0 Å². The molecule has 0 saturated carbocycles. The first-order chi connectivity index (χ1) is 13.3. The fourth-order valence-corrected chi connectivity index (χ4v) is 3.45. The van der Waals surface area contributed by atoms with E-state index in [4.69, 9.17) is 0 Å². The van der Waals surface area contributed by atoms with E-state index in [-0.39, 0.29) is 5.88 Å². The Labute approximate surface area is 155 Å². The molecular formula is C21H17N5O. The number of rotatable bonds is 4. The summed E-state index contributed by atoms with van der Waals surface area (Å²) >= 11 is 0. The third-order valence-electron chi connectivity index (χ3n) is 4.77. The van der Waals surface area contributed by atoms with Gasteiger partial charge in [0.15, 0.2) is 0 Å². The SMILES string of the molecule is Oc1c2c(-c3ccncc3)ccnc2cn1CCc1cn2ccccc2n1. The summed E-state index contributed by atoms with van der Waals surface area (Å²) in [5.41, 5.74) is 4.64. The second kappa shape index (κ2) is 6.25. The van der Waals surface area contributed by atoms with E-state index < -0.39 is 0 Å². The second-order valence-corrected chi connectivity index (χ2v) is 6.45. The van der Waals surface area contributed by atoms with Gasteiger partial charge in [-0.25, -0.2) is 4.98 Å². The average molecular weight is 355 g/mol. The van der Waals surface area contributed by atoms with Gasteiger partial charge in [-0.2, -0.15) is 0 Å². The highest BCUT2D eigenvalue weighted by atomic mass is 16.3. The van der Waals surface area contributed by atoms with Crippen molar-refractivity contribution in [3.8, 4) is 17.0 Å². The maximum atomic E-state index is 10.8. The minimum atomic E-state index is 0.230. The van der Waals surface area contributed by atoms with E-state index in [0.717, 1.165) is 39.8 Å². The molecule has 6 heteroatoms. The molecule has 0 saturated heterocycles. The Kier molecular flexibility index (Phi) is 3.60. The van der Waals surface area contributed by atoms with Crippen LogP contribution in [0.15, 0.2) is 73.6 Å². The number of aromatic hydroxyl groups is 1. The van der Waals surface area contributed by atoms with Gasteiger partial charge in [-0.15, -0.1) is 0 Å². The van der Waals surface area contributed by atoms with Crippen molar-refractivity contribution >= 4 is 16.6 Å². The van der Waals surface area contributed by atoms with Crippen LogP contribution in [0, 0.1) is 0 Å². The molecule has 0 aromatic carbocycles. The van der Waals surface area contributed by atoms with Crippen molar-refractivity contribution in [2.75, 3.05) is 0 Å². The first kappa shape index (κ1) is 15.6. The molecule has 27 heavy (non-hydrogen) atoms. The Morgan fingerprint density at radius 1 is 0.963 bits per heavy atom. The smallest absolute Gasteiger partial charge is 0.201 e. The van der Waals surface area contributed by atoms with Crippen LogP contribution in [0.5, 0.6) is 5.88 Å². The summed E-state index contributed by atoms with van der Waals surface area (Å²) in [5, 5.41) is 11.6. The summed E-state index contributed by atoms with van der Waals surface area (Å²) < 4.78 is 3.84. The Morgan fingerprint density at radius 3 is 2.70 bits per heavy atom. The number of nitrogens with zero attached hydrogens (tertiary/aromatic N) is 5. The van der Waals surface area contributed by atoms with Crippen molar-refractivity contribution in [1.29, 1.82) is 0 Å². The van der Waals surface area contributed by atoms with E-state index in [1.165, 1.54) is 0 Å². The third kappa shape index (κ3) is 2.71. The molecule has 0 bridgehead atoms. The van der Waals surface area contributed by atoms with Crippen LogP contribution in [0.25, 0.3) is 27.7 Å². The van der Waals surface area contributed by atoms with Gasteiger partial charge in [0.05, 0.1) is 16.6 Å². The maximum Gasteiger partial charge on any atom is 0.201 e. The first-order valence-electron chi connectivity index (χ1n) is 8.79. The number of pyridine rings is 3. The van der Waals surface area contributed by atoms with E-state index >= 15 is 0 Å². The van der Waals surface area contributed by atoms with E-state index in [1.807, 2.05) is 64.0 Å². The molecule has 1 N–H and O–H groups in total. The number of imidazole rings is 1. The quantitative estimate of drug-likeness (QED) is 0.534. The maximum absolute atomic E-state index is 10.8. The summed E-state index contributed by atoms with van der Waals surface area (Å²) in [4.78, 5) is 13.1. The van der Waals surface area contributed by atoms with Crippen molar-refractivity contribution in [3.63, 3.8) is 0 Å². The Bertz CT molecular complexity index is 1210. The molecule has 0 amide bonds. The zero-order valence-electron chi connectivity index (χ0n) is 14.5. The van der Waals surface area contributed by atoms with Gasteiger partial charge in [0.1, 0.15) is 5.65 Å². The average Bonchev–Trinajstić information content (AvgIpc) is 3.27. The Morgan fingerprint density at radius 2 is 1.85 bits per heavy atom. The fourth-order valence-electron chi connectivity index (χ4n) is 3.45. The van der Waals surface area contributed by atoms with Crippen LogP contribution < -0.4 is 0 Å². The molecule has 132 valence electrons. The van der Waals surface area contributed by atoms with E-state index in [1.54, 1.807) is 18.6 Å². The van der Waals surface area contributed by atoms with Crippen molar-refractivity contribution in [3.05, 3.63) is 79.3 Å².